The van der Waals surface area contributed by atoms with Gasteiger partial charge in [0.15, 0.2) is 0 Å². The molecule has 2 aliphatic rings. The van der Waals surface area contributed by atoms with Gasteiger partial charge < -0.3 is 15.4 Å². The molecule has 4 nitrogen and oxygen atoms in total. The van der Waals surface area contributed by atoms with Crippen molar-refractivity contribution < 1.29 is 9.53 Å². The lowest BCUT2D eigenvalue weighted by atomic mass is 10.1. The number of ether oxygens (including phenoxy) is 1. The third-order valence-electron chi connectivity index (χ3n) is 3.31. The summed E-state index contributed by atoms with van der Waals surface area (Å²) in [5, 5.41) is 0. The Labute approximate surface area is 103 Å². The first-order valence-electron chi connectivity index (χ1n) is 5.78. The zero-order valence-corrected chi connectivity index (χ0v) is 10.6. The molecule has 1 heterocycles. The van der Waals surface area contributed by atoms with E-state index in [-0.39, 0.29) is 24.4 Å². The minimum Gasteiger partial charge on any atom is -0.376 e. The number of rotatable bonds is 3. The number of likely N-dealkylation sites (N-methyl/N-ethyl adjacent to an activating group) is 1. The predicted molar refractivity (Wildman–Crippen MR) is 64.6 cm³/mol. The van der Waals surface area contributed by atoms with Crippen molar-refractivity contribution in [3.63, 3.8) is 0 Å². The third-order valence-corrected chi connectivity index (χ3v) is 3.31. The summed E-state index contributed by atoms with van der Waals surface area (Å²) in [4.78, 5) is 13.6. The van der Waals surface area contributed by atoms with Crippen LogP contribution >= 0.6 is 12.4 Å². The average molecular weight is 249 g/mol. The topological polar surface area (TPSA) is 55.6 Å². The first-order chi connectivity index (χ1) is 7.12. The molecule has 1 aliphatic carbocycles. The molecule has 0 radical (unpaired) electrons. The first kappa shape index (κ1) is 13.7. The molecule has 1 saturated heterocycles. The average Bonchev–Trinajstić information content (AvgIpc) is 2.98. The summed E-state index contributed by atoms with van der Waals surface area (Å²) in [6.07, 6.45) is 5.31. The van der Waals surface area contributed by atoms with Gasteiger partial charge in [0, 0.05) is 20.2 Å². The van der Waals surface area contributed by atoms with Gasteiger partial charge in [-0.1, -0.05) is 0 Å². The summed E-state index contributed by atoms with van der Waals surface area (Å²) in [5.41, 5.74) is 5.33. The van der Waals surface area contributed by atoms with Crippen LogP contribution in [0.3, 0.4) is 0 Å². The molecule has 0 aromatic rings. The summed E-state index contributed by atoms with van der Waals surface area (Å²) in [7, 11) is 1.83. The van der Waals surface area contributed by atoms with E-state index in [9.17, 15) is 4.79 Å². The van der Waals surface area contributed by atoms with E-state index in [1.165, 1.54) is 6.42 Å². The van der Waals surface area contributed by atoms with Crippen LogP contribution in [0.4, 0.5) is 0 Å². The molecule has 1 aliphatic heterocycles. The van der Waals surface area contributed by atoms with Gasteiger partial charge in [0.05, 0.1) is 11.6 Å². The van der Waals surface area contributed by atoms with Crippen LogP contribution in [-0.4, -0.2) is 42.6 Å². The second-order valence-electron chi connectivity index (χ2n) is 4.83. The lowest BCUT2D eigenvalue weighted by Gasteiger charge is -2.28. The Morgan fingerprint density at radius 3 is 2.69 bits per heavy atom. The maximum absolute atomic E-state index is 11.8. The van der Waals surface area contributed by atoms with Gasteiger partial charge in [-0.3, -0.25) is 4.79 Å². The standard InChI is InChI=1S/C11H20N2O2.ClH/c1-13(10(14)11(12)5-6-11)8-9-4-2-3-7-15-9;/h9H,2-8,12H2,1H3;1H. The molecular weight excluding hydrogens is 228 g/mol. The van der Waals surface area contributed by atoms with Crippen molar-refractivity contribution in [3.05, 3.63) is 0 Å². The Hall–Kier alpha value is -0.320. The lowest BCUT2D eigenvalue weighted by Crippen LogP contribution is -2.47. The number of halogens is 1. The fourth-order valence-corrected chi connectivity index (χ4v) is 2.07. The molecule has 1 unspecified atom stereocenters. The quantitative estimate of drug-likeness (QED) is 0.808. The van der Waals surface area contributed by atoms with Crippen molar-refractivity contribution in [3.8, 4) is 0 Å². The van der Waals surface area contributed by atoms with Gasteiger partial charge in [0.2, 0.25) is 5.91 Å². The van der Waals surface area contributed by atoms with Gasteiger partial charge >= 0.3 is 0 Å². The van der Waals surface area contributed by atoms with Gasteiger partial charge in [-0.15, -0.1) is 12.4 Å². The smallest absolute Gasteiger partial charge is 0.242 e. The largest absolute Gasteiger partial charge is 0.376 e. The molecule has 1 amide bonds. The minimum atomic E-state index is -0.538. The molecule has 94 valence electrons. The predicted octanol–water partition coefficient (Wildman–Crippen LogP) is 0.927. The SMILES string of the molecule is CN(CC1CCCCO1)C(=O)C1(N)CC1.Cl. The van der Waals surface area contributed by atoms with Crippen LogP contribution in [-0.2, 0) is 9.53 Å². The van der Waals surface area contributed by atoms with Crippen LogP contribution in [0.15, 0.2) is 0 Å². The molecule has 0 aromatic heterocycles. The number of hydrogen-bond donors (Lipinski definition) is 1. The molecule has 1 atom stereocenters. The van der Waals surface area contributed by atoms with Crippen LogP contribution in [0.1, 0.15) is 32.1 Å². The van der Waals surface area contributed by atoms with Crippen LogP contribution in [0, 0.1) is 0 Å². The highest BCUT2D eigenvalue weighted by Gasteiger charge is 2.47. The number of carbonyl (C=O) groups excluding carboxylic acids is 1. The Morgan fingerprint density at radius 1 is 1.50 bits per heavy atom. The van der Waals surface area contributed by atoms with Crippen molar-refractivity contribution >= 4 is 18.3 Å². The van der Waals surface area contributed by atoms with Crippen LogP contribution in [0.2, 0.25) is 0 Å². The van der Waals surface area contributed by atoms with Gasteiger partial charge in [-0.2, -0.15) is 0 Å². The number of nitrogens with zero attached hydrogens (tertiary/aromatic N) is 1. The highest BCUT2D eigenvalue weighted by molar-refractivity contribution is 5.88. The van der Waals surface area contributed by atoms with Gasteiger partial charge in [0.25, 0.3) is 0 Å². The van der Waals surface area contributed by atoms with E-state index < -0.39 is 5.54 Å². The first-order valence-corrected chi connectivity index (χ1v) is 5.78. The Kier molecular flexibility index (Phi) is 4.59. The van der Waals surface area contributed by atoms with E-state index in [0.717, 1.165) is 32.3 Å². The van der Waals surface area contributed by atoms with Gasteiger partial charge in [-0.25, -0.2) is 0 Å². The van der Waals surface area contributed by atoms with Crippen molar-refractivity contribution in [2.45, 2.75) is 43.7 Å². The van der Waals surface area contributed by atoms with Crippen LogP contribution in [0.25, 0.3) is 0 Å². The van der Waals surface area contributed by atoms with E-state index in [0.29, 0.717) is 6.54 Å². The number of nitrogens with two attached hydrogens (primary N) is 1. The van der Waals surface area contributed by atoms with Crippen molar-refractivity contribution in [1.29, 1.82) is 0 Å². The number of amides is 1. The fraction of sp³-hybridized carbons (Fsp3) is 0.909. The molecular formula is C11H21ClN2O2. The highest BCUT2D eigenvalue weighted by atomic mass is 35.5. The molecule has 2 N–H and O–H groups in total. The highest BCUT2D eigenvalue weighted by Crippen LogP contribution is 2.34. The Bertz CT molecular complexity index is 250. The Balaban J connectivity index is 0.00000128. The molecule has 0 spiro atoms. The van der Waals surface area contributed by atoms with Crippen molar-refractivity contribution in [1.82, 2.24) is 4.90 Å². The van der Waals surface area contributed by atoms with E-state index in [4.69, 9.17) is 10.5 Å². The number of hydrogen-bond acceptors (Lipinski definition) is 3. The minimum absolute atomic E-state index is 0. The summed E-state index contributed by atoms with van der Waals surface area (Å²) < 4.78 is 5.60. The van der Waals surface area contributed by atoms with E-state index in [2.05, 4.69) is 0 Å². The summed E-state index contributed by atoms with van der Waals surface area (Å²) in [5.74, 6) is 0.0803. The molecule has 2 rings (SSSR count). The van der Waals surface area contributed by atoms with Crippen molar-refractivity contribution in [2.24, 2.45) is 5.73 Å². The summed E-state index contributed by atoms with van der Waals surface area (Å²) >= 11 is 0. The molecule has 0 bridgehead atoms. The summed E-state index contributed by atoms with van der Waals surface area (Å²) in [6, 6.07) is 0. The van der Waals surface area contributed by atoms with E-state index >= 15 is 0 Å². The van der Waals surface area contributed by atoms with E-state index in [1.807, 2.05) is 7.05 Å². The zero-order valence-electron chi connectivity index (χ0n) is 9.78. The summed E-state index contributed by atoms with van der Waals surface area (Å²) in [6.45, 7) is 1.53. The molecule has 16 heavy (non-hydrogen) atoms. The third kappa shape index (κ3) is 3.09. The Morgan fingerprint density at radius 2 is 2.19 bits per heavy atom. The molecule has 0 aromatic carbocycles. The van der Waals surface area contributed by atoms with Crippen molar-refractivity contribution in [2.75, 3.05) is 20.2 Å². The van der Waals surface area contributed by atoms with Gasteiger partial charge in [0.1, 0.15) is 0 Å². The van der Waals surface area contributed by atoms with Gasteiger partial charge in [-0.05, 0) is 32.1 Å². The molecule has 5 heteroatoms. The normalized spacial score (nSPS) is 26.8. The fourth-order valence-electron chi connectivity index (χ4n) is 2.07. The maximum atomic E-state index is 11.8. The van der Waals surface area contributed by atoms with Crippen LogP contribution < -0.4 is 5.73 Å². The maximum Gasteiger partial charge on any atom is 0.242 e. The second kappa shape index (κ2) is 5.34. The van der Waals surface area contributed by atoms with E-state index in [1.54, 1.807) is 4.90 Å². The van der Waals surface area contributed by atoms with Crippen LogP contribution in [0.5, 0.6) is 0 Å². The second-order valence-corrected chi connectivity index (χ2v) is 4.83. The molecule has 2 fully saturated rings. The zero-order chi connectivity index (χ0) is 10.9. The monoisotopic (exact) mass is 248 g/mol. The molecule has 1 saturated carbocycles. The lowest BCUT2D eigenvalue weighted by molar-refractivity contribution is -0.134. The number of carbonyl (C=O) groups is 1.